The first-order chi connectivity index (χ1) is 8.69. The number of aliphatic hydroxyl groups excluding tert-OH is 1. The number of hydrogen-bond acceptors (Lipinski definition) is 4. The summed E-state index contributed by atoms with van der Waals surface area (Å²) in [5, 5.41) is 9.62. The zero-order valence-electron chi connectivity index (χ0n) is 10.0. The highest BCUT2D eigenvalue weighted by molar-refractivity contribution is 5.89. The summed E-state index contributed by atoms with van der Waals surface area (Å²) < 4.78 is 9.93. The molecule has 0 heterocycles. The molecule has 4 nitrogen and oxygen atoms in total. The first kappa shape index (κ1) is 14.2. The standard InChI is InChI=1S/C14H16O4/c1-3-9-17-13(15)11-5-7-12(8-6-11)14(16)18-10-4-2/h3-8,13,15H,1-2,9-10H2. The second kappa shape index (κ2) is 7.42. The first-order valence-corrected chi connectivity index (χ1v) is 5.47. The minimum Gasteiger partial charge on any atom is -0.458 e. The third-order valence-electron chi connectivity index (χ3n) is 2.14. The topological polar surface area (TPSA) is 55.8 Å². The van der Waals surface area contributed by atoms with E-state index in [4.69, 9.17) is 9.47 Å². The molecule has 0 saturated heterocycles. The number of aliphatic hydroxyl groups is 1. The van der Waals surface area contributed by atoms with E-state index in [1.54, 1.807) is 30.3 Å². The second-order valence-corrected chi connectivity index (χ2v) is 3.48. The molecule has 1 rings (SSSR count). The number of hydrogen-bond donors (Lipinski definition) is 1. The van der Waals surface area contributed by atoms with Gasteiger partial charge in [0.1, 0.15) is 6.61 Å². The smallest absolute Gasteiger partial charge is 0.338 e. The Morgan fingerprint density at radius 3 is 2.39 bits per heavy atom. The van der Waals surface area contributed by atoms with E-state index in [2.05, 4.69) is 13.2 Å². The number of carbonyl (C=O) groups excluding carboxylic acids is 1. The lowest BCUT2D eigenvalue weighted by Crippen LogP contribution is -2.07. The normalized spacial score (nSPS) is 11.6. The monoisotopic (exact) mass is 248 g/mol. The van der Waals surface area contributed by atoms with Crippen molar-refractivity contribution in [2.24, 2.45) is 0 Å². The fourth-order valence-corrected chi connectivity index (χ4v) is 1.26. The van der Waals surface area contributed by atoms with Crippen LogP contribution in [0, 0.1) is 0 Å². The molecule has 1 aromatic carbocycles. The van der Waals surface area contributed by atoms with E-state index in [9.17, 15) is 9.90 Å². The predicted octanol–water partition coefficient (Wildman–Crippen LogP) is 2.22. The van der Waals surface area contributed by atoms with Gasteiger partial charge in [0.15, 0.2) is 6.29 Å². The maximum absolute atomic E-state index is 11.5. The molecule has 96 valence electrons. The lowest BCUT2D eigenvalue weighted by molar-refractivity contribution is -0.0921. The van der Waals surface area contributed by atoms with E-state index in [0.717, 1.165) is 0 Å². The summed E-state index contributed by atoms with van der Waals surface area (Å²) in [6.45, 7) is 7.37. The van der Waals surface area contributed by atoms with Crippen molar-refractivity contribution < 1.29 is 19.4 Å². The molecule has 0 aromatic heterocycles. The fraction of sp³-hybridized carbons (Fsp3) is 0.214. The Morgan fingerprint density at radius 1 is 1.22 bits per heavy atom. The van der Waals surface area contributed by atoms with Gasteiger partial charge in [0, 0.05) is 5.56 Å². The van der Waals surface area contributed by atoms with Gasteiger partial charge in [0.25, 0.3) is 0 Å². The molecule has 0 aliphatic rings. The van der Waals surface area contributed by atoms with Gasteiger partial charge in [0.2, 0.25) is 0 Å². The van der Waals surface area contributed by atoms with Crippen molar-refractivity contribution in [1.82, 2.24) is 0 Å². The van der Waals surface area contributed by atoms with Gasteiger partial charge < -0.3 is 14.6 Å². The molecule has 0 amide bonds. The van der Waals surface area contributed by atoms with Crippen LogP contribution < -0.4 is 0 Å². The molecule has 4 heteroatoms. The largest absolute Gasteiger partial charge is 0.458 e. The fourth-order valence-electron chi connectivity index (χ4n) is 1.26. The summed E-state index contributed by atoms with van der Waals surface area (Å²) >= 11 is 0. The van der Waals surface area contributed by atoms with E-state index in [1.165, 1.54) is 6.08 Å². The van der Waals surface area contributed by atoms with Crippen molar-refractivity contribution in [3.8, 4) is 0 Å². The summed E-state index contributed by atoms with van der Waals surface area (Å²) in [5.74, 6) is -0.428. The van der Waals surface area contributed by atoms with Crippen LogP contribution in [0.25, 0.3) is 0 Å². The van der Waals surface area contributed by atoms with Crippen LogP contribution in [0.4, 0.5) is 0 Å². The highest BCUT2D eigenvalue weighted by Gasteiger charge is 2.10. The van der Waals surface area contributed by atoms with Crippen molar-refractivity contribution in [2.75, 3.05) is 13.2 Å². The van der Waals surface area contributed by atoms with Gasteiger partial charge in [-0.15, -0.1) is 6.58 Å². The van der Waals surface area contributed by atoms with Crippen LogP contribution >= 0.6 is 0 Å². The van der Waals surface area contributed by atoms with Crippen molar-refractivity contribution in [2.45, 2.75) is 6.29 Å². The summed E-state index contributed by atoms with van der Waals surface area (Å²) in [7, 11) is 0. The van der Waals surface area contributed by atoms with Gasteiger partial charge in [-0.05, 0) is 12.1 Å². The Labute approximate surface area is 106 Å². The van der Waals surface area contributed by atoms with E-state index >= 15 is 0 Å². The predicted molar refractivity (Wildman–Crippen MR) is 68.0 cm³/mol. The Balaban J connectivity index is 2.64. The zero-order chi connectivity index (χ0) is 13.4. The van der Waals surface area contributed by atoms with Crippen LogP contribution in [-0.2, 0) is 9.47 Å². The Bertz CT molecular complexity index is 408. The van der Waals surface area contributed by atoms with Crippen LogP contribution in [0.1, 0.15) is 22.2 Å². The Kier molecular flexibility index (Phi) is 5.84. The van der Waals surface area contributed by atoms with Crippen LogP contribution in [0.2, 0.25) is 0 Å². The van der Waals surface area contributed by atoms with Crippen LogP contribution in [-0.4, -0.2) is 24.3 Å². The van der Waals surface area contributed by atoms with Crippen molar-refractivity contribution in [3.63, 3.8) is 0 Å². The van der Waals surface area contributed by atoms with Gasteiger partial charge >= 0.3 is 5.97 Å². The minimum atomic E-state index is -1.03. The Hall–Kier alpha value is -1.91. The second-order valence-electron chi connectivity index (χ2n) is 3.48. The highest BCUT2D eigenvalue weighted by Crippen LogP contribution is 2.15. The number of rotatable bonds is 7. The van der Waals surface area contributed by atoms with Crippen molar-refractivity contribution in [1.29, 1.82) is 0 Å². The van der Waals surface area contributed by atoms with Crippen LogP contribution in [0.3, 0.4) is 0 Å². The molecule has 0 saturated carbocycles. The number of ether oxygens (including phenoxy) is 2. The molecule has 0 fully saturated rings. The molecule has 0 aliphatic heterocycles. The molecule has 1 N–H and O–H groups in total. The molecular formula is C14H16O4. The quantitative estimate of drug-likeness (QED) is 0.456. The van der Waals surface area contributed by atoms with Gasteiger partial charge in [-0.2, -0.15) is 0 Å². The van der Waals surface area contributed by atoms with Gasteiger partial charge in [0.05, 0.1) is 12.2 Å². The third kappa shape index (κ3) is 4.16. The number of benzene rings is 1. The lowest BCUT2D eigenvalue weighted by atomic mass is 10.1. The van der Waals surface area contributed by atoms with E-state index in [0.29, 0.717) is 11.1 Å². The van der Waals surface area contributed by atoms with E-state index in [1.807, 2.05) is 0 Å². The number of carbonyl (C=O) groups is 1. The maximum atomic E-state index is 11.5. The summed E-state index contributed by atoms with van der Waals surface area (Å²) in [6.07, 6.45) is 2.02. The molecule has 0 bridgehead atoms. The third-order valence-corrected chi connectivity index (χ3v) is 2.14. The average molecular weight is 248 g/mol. The van der Waals surface area contributed by atoms with Crippen LogP contribution in [0.15, 0.2) is 49.6 Å². The summed E-state index contributed by atoms with van der Waals surface area (Å²) in [6, 6.07) is 6.36. The van der Waals surface area contributed by atoms with E-state index < -0.39 is 12.3 Å². The molecule has 1 atom stereocenters. The van der Waals surface area contributed by atoms with Gasteiger partial charge in [-0.25, -0.2) is 4.79 Å². The molecule has 0 radical (unpaired) electrons. The van der Waals surface area contributed by atoms with Crippen molar-refractivity contribution >= 4 is 5.97 Å². The molecule has 1 aromatic rings. The Morgan fingerprint density at radius 2 is 1.83 bits per heavy atom. The van der Waals surface area contributed by atoms with Crippen LogP contribution in [0.5, 0.6) is 0 Å². The highest BCUT2D eigenvalue weighted by atomic mass is 16.6. The molecular weight excluding hydrogens is 232 g/mol. The number of esters is 1. The van der Waals surface area contributed by atoms with Gasteiger partial charge in [-0.1, -0.05) is 30.9 Å². The lowest BCUT2D eigenvalue weighted by Gasteiger charge is -2.11. The molecule has 0 aliphatic carbocycles. The summed E-state index contributed by atoms with van der Waals surface area (Å²) in [5.41, 5.74) is 0.980. The first-order valence-electron chi connectivity index (χ1n) is 5.47. The van der Waals surface area contributed by atoms with Gasteiger partial charge in [-0.3, -0.25) is 0 Å². The average Bonchev–Trinajstić information content (AvgIpc) is 2.42. The molecule has 0 spiro atoms. The van der Waals surface area contributed by atoms with E-state index in [-0.39, 0.29) is 13.2 Å². The van der Waals surface area contributed by atoms with Crippen molar-refractivity contribution in [3.05, 3.63) is 60.7 Å². The SMILES string of the molecule is C=CCOC(=O)c1ccc(C(O)OCC=C)cc1. The minimum absolute atomic E-state index is 0.172. The summed E-state index contributed by atoms with van der Waals surface area (Å²) in [4.78, 5) is 11.5. The zero-order valence-corrected chi connectivity index (χ0v) is 10.0. The maximum Gasteiger partial charge on any atom is 0.338 e. The molecule has 1 unspecified atom stereocenters. The molecule has 18 heavy (non-hydrogen) atoms.